The van der Waals surface area contributed by atoms with Crippen LogP contribution in [0.4, 0.5) is 0 Å². The summed E-state index contributed by atoms with van der Waals surface area (Å²) in [4.78, 5) is 0. The van der Waals surface area contributed by atoms with E-state index in [1.165, 1.54) is 36.8 Å². The van der Waals surface area contributed by atoms with Crippen LogP contribution >= 0.6 is 11.6 Å². The van der Waals surface area contributed by atoms with Crippen LogP contribution in [0.25, 0.3) is 5.03 Å². The van der Waals surface area contributed by atoms with Crippen molar-refractivity contribution in [2.24, 2.45) is 5.41 Å². The summed E-state index contributed by atoms with van der Waals surface area (Å²) in [6, 6.07) is 10.4. The maximum Gasteiger partial charge on any atom is 0.0479 e. The molecule has 1 unspecified atom stereocenters. The molecule has 0 aromatic heterocycles. The first kappa shape index (κ1) is 11.1. The van der Waals surface area contributed by atoms with Crippen LogP contribution in [0.15, 0.2) is 48.1 Å². The van der Waals surface area contributed by atoms with Crippen LogP contribution in [-0.2, 0) is 0 Å². The Morgan fingerprint density at radius 1 is 1.12 bits per heavy atom. The van der Waals surface area contributed by atoms with Gasteiger partial charge >= 0.3 is 0 Å². The van der Waals surface area contributed by atoms with E-state index in [1.54, 1.807) is 0 Å². The van der Waals surface area contributed by atoms with Crippen LogP contribution in [0.3, 0.4) is 0 Å². The van der Waals surface area contributed by atoms with Gasteiger partial charge in [0, 0.05) is 10.4 Å². The molecule has 2 aliphatic carbocycles. The standard InChI is InChI=1S/C16H17Cl/c17-15(13-7-2-1-3-8-13)14-9-6-12-16(14)10-4-5-11-16/h1-4,7-8,10H,5-6,9,11-12H2/b15-14+. The second-order valence-electron chi connectivity index (χ2n) is 5.11. The molecule has 1 saturated carbocycles. The minimum Gasteiger partial charge on any atom is -0.0876 e. The molecule has 0 radical (unpaired) electrons. The highest BCUT2D eigenvalue weighted by molar-refractivity contribution is 6.49. The molecule has 1 aromatic rings. The Hall–Kier alpha value is -1.01. The number of hydrogen-bond donors (Lipinski definition) is 0. The molecule has 1 aromatic carbocycles. The van der Waals surface area contributed by atoms with Crippen molar-refractivity contribution in [2.75, 3.05) is 0 Å². The molecule has 0 bridgehead atoms. The molecule has 1 fully saturated rings. The Kier molecular flexibility index (Phi) is 2.84. The summed E-state index contributed by atoms with van der Waals surface area (Å²) < 4.78 is 0. The zero-order chi connectivity index (χ0) is 11.7. The van der Waals surface area contributed by atoms with Crippen LogP contribution in [-0.4, -0.2) is 0 Å². The maximum absolute atomic E-state index is 6.63. The fourth-order valence-electron chi connectivity index (χ4n) is 3.26. The summed E-state index contributed by atoms with van der Waals surface area (Å²) in [5.74, 6) is 0. The molecular weight excluding hydrogens is 228 g/mol. The highest BCUT2D eigenvalue weighted by atomic mass is 35.5. The average molecular weight is 245 g/mol. The molecular formula is C16H17Cl. The minimum absolute atomic E-state index is 0.299. The molecule has 0 nitrogen and oxygen atoms in total. The predicted octanol–water partition coefficient (Wildman–Crippen LogP) is 5.16. The Morgan fingerprint density at radius 2 is 1.94 bits per heavy atom. The van der Waals surface area contributed by atoms with Crippen molar-refractivity contribution >= 4 is 16.6 Å². The Balaban J connectivity index is 2.05. The lowest BCUT2D eigenvalue weighted by Gasteiger charge is -2.24. The van der Waals surface area contributed by atoms with Gasteiger partial charge in [0.15, 0.2) is 0 Å². The lowest BCUT2D eigenvalue weighted by molar-refractivity contribution is 0.465. The van der Waals surface area contributed by atoms with Crippen LogP contribution < -0.4 is 0 Å². The number of benzene rings is 1. The average Bonchev–Trinajstić information content (AvgIpc) is 3.01. The van der Waals surface area contributed by atoms with Crippen LogP contribution in [0, 0.1) is 5.41 Å². The van der Waals surface area contributed by atoms with Crippen LogP contribution in [0.1, 0.15) is 37.7 Å². The van der Waals surface area contributed by atoms with Gasteiger partial charge in [-0.2, -0.15) is 0 Å². The summed E-state index contributed by atoms with van der Waals surface area (Å²) in [6.07, 6.45) is 10.9. The van der Waals surface area contributed by atoms with Crippen molar-refractivity contribution < 1.29 is 0 Å². The Morgan fingerprint density at radius 3 is 2.65 bits per heavy atom. The van der Waals surface area contributed by atoms with Crippen LogP contribution in [0.2, 0.25) is 0 Å². The van der Waals surface area contributed by atoms with Crippen molar-refractivity contribution in [3.05, 3.63) is 53.6 Å². The molecule has 88 valence electrons. The van der Waals surface area contributed by atoms with Crippen molar-refractivity contribution in [2.45, 2.75) is 32.1 Å². The third-order valence-corrected chi connectivity index (χ3v) is 4.58. The maximum atomic E-state index is 6.63. The molecule has 0 heterocycles. The first-order valence-corrected chi connectivity index (χ1v) is 6.82. The van der Waals surface area contributed by atoms with Gasteiger partial charge in [0.25, 0.3) is 0 Å². The molecule has 0 aliphatic heterocycles. The van der Waals surface area contributed by atoms with E-state index in [1.807, 2.05) is 6.07 Å². The van der Waals surface area contributed by atoms with E-state index in [0.717, 1.165) is 11.5 Å². The first-order valence-electron chi connectivity index (χ1n) is 6.44. The normalized spacial score (nSPS) is 30.2. The van der Waals surface area contributed by atoms with Gasteiger partial charge in [0.2, 0.25) is 0 Å². The molecule has 1 heteroatoms. The summed E-state index contributed by atoms with van der Waals surface area (Å²) in [5, 5.41) is 0.995. The van der Waals surface area contributed by atoms with Gasteiger partial charge in [-0.1, -0.05) is 54.1 Å². The lowest BCUT2D eigenvalue weighted by atomic mass is 9.81. The van der Waals surface area contributed by atoms with Gasteiger partial charge < -0.3 is 0 Å². The van der Waals surface area contributed by atoms with Gasteiger partial charge in [-0.3, -0.25) is 0 Å². The summed E-state index contributed by atoms with van der Waals surface area (Å²) in [7, 11) is 0. The van der Waals surface area contributed by atoms with Crippen molar-refractivity contribution in [1.82, 2.24) is 0 Å². The first-order chi connectivity index (χ1) is 8.32. The third-order valence-electron chi connectivity index (χ3n) is 4.14. The van der Waals surface area contributed by atoms with E-state index in [2.05, 4.69) is 36.4 Å². The minimum atomic E-state index is 0.299. The molecule has 0 amide bonds. The van der Waals surface area contributed by atoms with E-state index < -0.39 is 0 Å². The number of rotatable bonds is 1. The topological polar surface area (TPSA) is 0 Å². The zero-order valence-corrected chi connectivity index (χ0v) is 10.7. The van der Waals surface area contributed by atoms with Gasteiger partial charge in [-0.15, -0.1) is 0 Å². The van der Waals surface area contributed by atoms with E-state index in [9.17, 15) is 0 Å². The van der Waals surface area contributed by atoms with Gasteiger partial charge in [0.1, 0.15) is 0 Å². The highest BCUT2D eigenvalue weighted by Crippen LogP contribution is 2.53. The zero-order valence-electron chi connectivity index (χ0n) is 9.95. The molecule has 1 atom stereocenters. The monoisotopic (exact) mass is 244 g/mol. The Labute approximate surface area is 108 Å². The summed E-state index contributed by atoms with van der Waals surface area (Å²) in [6.45, 7) is 0. The second-order valence-corrected chi connectivity index (χ2v) is 5.49. The molecule has 2 aliphatic rings. The molecule has 1 spiro atoms. The van der Waals surface area contributed by atoms with E-state index in [4.69, 9.17) is 11.6 Å². The SMILES string of the molecule is Cl/C(=C1\CCCC12C=CCC2)c1ccccc1. The fourth-order valence-corrected chi connectivity index (χ4v) is 3.67. The lowest BCUT2D eigenvalue weighted by Crippen LogP contribution is -2.12. The number of halogens is 1. The Bertz CT molecular complexity index is 470. The predicted molar refractivity (Wildman–Crippen MR) is 73.9 cm³/mol. The van der Waals surface area contributed by atoms with Crippen molar-refractivity contribution in [3.8, 4) is 0 Å². The highest BCUT2D eigenvalue weighted by Gasteiger charge is 2.39. The largest absolute Gasteiger partial charge is 0.0876 e. The van der Waals surface area contributed by atoms with Crippen LogP contribution in [0.5, 0.6) is 0 Å². The van der Waals surface area contributed by atoms with E-state index >= 15 is 0 Å². The van der Waals surface area contributed by atoms with Crippen molar-refractivity contribution in [1.29, 1.82) is 0 Å². The van der Waals surface area contributed by atoms with Gasteiger partial charge in [0.05, 0.1) is 0 Å². The van der Waals surface area contributed by atoms with E-state index in [0.29, 0.717) is 5.41 Å². The van der Waals surface area contributed by atoms with E-state index in [-0.39, 0.29) is 0 Å². The van der Waals surface area contributed by atoms with Gasteiger partial charge in [-0.25, -0.2) is 0 Å². The number of hydrogen-bond acceptors (Lipinski definition) is 0. The summed E-state index contributed by atoms with van der Waals surface area (Å²) in [5.41, 5.74) is 2.94. The fraction of sp³-hybridized carbons (Fsp3) is 0.375. The smallest absolute Gasteiger partial charge is 0.0479 e. The second kappa shape index (κ2) is 4.34. The van der Waals surface area contributed by atoms with Crippen molar-refractivity contribution in [3.63, 3.8) is 0 Å². The quantitative estimate of drug-likeness (QED) is 0.599. The molecule has 3 rings (SSSR count). The molecule has 0 saturated heterocycles. The number of allylic oxidation sites excluding steroid dienone is 3. The third kappa shape index (κ3) is 1.85. The molecule has 0 N–H and O–H groups in total. The molecule has 17 heavy (non-hydrogen) atoms. The summed E-state index contributed by atoms with van der Waals surface area (Å²) >= 11 is 6.63. The van der Waals surface area contributed by atoms with Gasteiger partial charge in [-0.05, 0) is 43.2 Å².